The highest BCUT2D eigenvalue weighted by Crippen LogP contribution is 2.41. The maximum Gasteiger partial charge on any atom is 0.147 e. The predicted octanol–water partition coefficient (Wildman–Crippen LogP) is 4.19. The van der Waals surface area contributed by atoms with Gasteiger partial charge in [0.1, 0.15) is 26.9 Å². The first-order chi connectivity index (χ1) is 12.1. The van der Waals surface area contributed by atoms with E-state index in [0.717, 1.165) is 29.0 Å². The van der Waals surface area contributed by atoms with Gasteiger partial charge in [0.25, 0.3) is 0 Å². The molecule has 140 valence electrons. The summed E-state index contributed by atoms with van der Waals surface area (Å²) in [4.78, 5) is 0. The van der Waals surface area contributed by atoms with Gasteiger partial charge in [-0.25, -0.2) is 8.42 Å². The quantitative estimate of drug-likeness (QED) is 0.737. The molecule has 0 aliphatic carbocycles. The van der Waals surface area contributed by atoms with E-state index in [4.69, 9.17) is 9.47 Å². The van der Waals surface area contributed by atoms with Gasteiger partial charge in [-0.15, -0.1) is 0 Å². The van der Waals surface area contributed by atoms with Crippen molar-refractivity contribution in [1.82, 2.24) is 0 Å². The summed E-state index contributed by atoms with van der Waals surface area (Å²) in [6.07, 6.45) is 2.51. The Hall–Kier alpha value is -2.01. The molecule has 0 spiro atoms. The Bertz CT molecular complexity index is 914. The monoisotopic (exact) mass is 374 g/mol. The summed E-state index contributed by atoms with van der Waals surface area (Å²) >= 11 is 0. The minimum absolute atomic E-state index is 0.144. The van der Waals surface area contributed by atoms with Crippen molar-refractivity contribution in [3.8, 4) is 22.6 Å². The van der Waals surface area contributed by atoms with Crippen LogP contribution in [0.15, 0.2) is 36.4 Å². The van der Waals surface area contributed by atoms with Gasteiger partial charge in [-0.1, -0.05) is 17.7 Å². The van der Waals surface area contributed by atoms with Gasteiger partial charge in [-0.05, 0) is 62.6 Å². The highest BCUT2D eigenvalue weighted by atomic mass is 32.2. The summed E-state index contributed by atoms with van der Waals surface area (Å²) in [6, 6.07) is 12.3. The van der Waals surface area contributed by atoms with Gasteiger partial charge in [0.2, 0.25) is 0 Å². The molecule has 0 saturated heterocycles. The first-order valence-corrected chi connectivity index (χ1v) is 10.9. The number of fused-ring (bicyclic) bond motifs is 3. The van der Waals surface area contributed by atoms with Crippen LogP contribution in [0.1, 0.15) is 31.4 Å². The minimum Gasteiger partial charge on any atom is -0.494 e. The Morgan fingerprint density at radius 1 is 1.12 bits per heavy atom. The van der Waals surface area contributed by atoms with E-state index in [1.54, 1.807) is 0 Å². The molecule has 1 heterocycles. The van der Waals surface area contributed by atoms with Gasteiger partial charge >= 0.3 is 0 Å². The fourth-order valence-electron chi connectivity index (χ4n) is 3.32. The van der Waals surface area contributed by atoms with Gasteiger partial charge in [-0.2, -0.15) is 0 Å². The van der Waals surface area contributed by atoms with E-state index in [-0.39, 0.29) is 11.4 Å². The van der Waals surface area contributed by atoms with E-state index >= 15 is 0 Å². The maximum absolute atomic E-state index is 11.2. The number of rotatable bonds is 5. The maximum atomic E-state index is 11.2. The van der Waals surface area contributed by atoms with Gasteiger partial charge in [0.15, 0.2) is 0 Å². The number of sulfone groups is 1. The Labute approximate surface area is 156 Å². The third-order valence-electron chi connectivity index (χ3n) is 4.43. The number of benzene rings is 2. The molecule has 0 radical (unpaired) electrons. The second-order valence-electron chi connectivity index (χ2n) is 7.69. The predicted molar refractivity (Wildman–Crippen MR) is 105 cm³/mol. The molecular weight excluding hydrogens is 348 g/mol. The van der Waals surface area contributed by atoms with Crippen LogP contribution in [-0.4, -0.2) is 32.6 Å². The van der Waals surface area contributed by atoms with Crippen LogP contribution in [-0.2, 0) is 16.3 Å². The van der Waals surface area contributed by atoms with Crippen LogP contribution in [0.25, 0.3) is 11.1 Å². The second kappa shape index (κ2) is 6.95. The first-order valence-electron chi connectivity index (χ1n) is 8.86. The van der Waals surface area contributed by atoms with Crippen LogP contribution < -0.4 is 9.47 Å². The van der Waals surface area contributed by atoms with Crippen LogP contribution in [0.3, 0.4) is 0 Å². The van der Waals surface area contributed by atoms with Crippen molar-refractivity contribution in [2.24, 2.45) is 0 Å². The third-order valence-corrected chi connectivity index (χ3v) is 5.46. The van der Waals surface area contributed by atoms with E-state index in [0.29, 0.717) is 13.0 Å². The summed E-state index contributed by atoms with van der Waals surface area (Å²) in [5.41, 5.74) is 4.33. The zero-order valence-electron chi connectivity index (χ0n) is 15.8. The Morgan fingerprint density at radius 2 is 1.88 bits per heavy atom. The van der Waals surface area contributed by atoms with Gasteiger partial charge in [0, 0.05) is 18.2 Å². The standard InChI is InChI=1S/C21H26O4S/c1-15-6-9-20-19(12-15)18-8-7-17(24-10-5-11-26(4,22)23)13-16(18)14-21(2,3)25-20/h6-9,12-13H,5,10-11,14H2,1-4H3. The van der Waals surface area contributed by atoms with Crippen LogP contribution in [0.5, 0.6) is 11.5 Å². The molecule has 0 amide bonds. The molecule has 0 atom stereocenters. The fraction of sp³-hybridized carbons (Fsp3) is 0.429. The molecule has 0 N–H and O–H groups in total. The van der Waals surface area contributed by atoms with E-state index in [2.05, 4.69) is 45.0 Å². The normalized spacial score (nSPS) is 15.4. The molecule has 2 aromatic rings. The molecule has 0 saturated carbocycles. The smallest absolute Gasteiger partial charge is 0.147 e. The summed E-state index contributed by atoms with van der Waals surface area (Å²) in [7, 11) is -2.95. The van der Waals surface area contributed by atoms with Crippen molar-refractivity contribution in [3.63, 3.8) is 0 Å². The number of aryl methyl sites for hydroxylation is 1. The lowest BCUT2D eigenvalue weighted by Crippen LogP contribution is -2.30. The Balaban J connectivity index is 1.87. The topological polar surface area (TPSA) is 52.6 Å². The van der Waals surface area contributed by atoms with Crippen molar-refractivity contribution in [2.45, 2.75) is 39.2 Å². The molecule has 1 aliphatic rings. The molecular formula is C21H26O4S. The molecule has 5 heteroatoms. The molecule has 26 heavy (non-hydrogen) atoms. The lowest BCUT2D eigenvalue weighted by molar-refractivity contribution is 0.113. The molecule has 0 bridgehead atoms. The number of ether oxygens (including phenoxy) is 2. The Kier molecular flexibility index (Phi) is 5.02. The van der Waals surface area contributed by atoms with Gasteiger partial charge in [0.05, 0.1) is 12.4 Å². The zero-order valence-corrected chi connectivity index (χ0v) is 16.7. The summed E-state index contributed by atoms with van der Waals surface area (Å²) in [5, 5.41) is 0. The molecule has 1 aliphatic heterocycles. The van der Waals surface area contributed by atoms with E-state index in [9.17, 15) is 8.42 Å². The highest BCUT2D eigenvalue weighted by Gasteiger charge is 2.28. The number of hydrogen-bond acceptors (Lipinski definition) is 4. The van der Waals surface area contributed by atoms with Crippen LogP contribution in [0, 0.1) is 6.92 Å². The van der Waals surface area contributed by atoms with Crippen molar-refractivity contribution in [3.05, 3.63) is 47.5 Å². The minimum atomic E-state index is -2.95. The zero-order chi connectivity index (χ0) is 18.9. The largest absolute Gasteiger partial charge is 0.494 e. The molecule has 0 unspecified atom stereocenters. The first kappa shape index (κ1) is 18.8. The summed E-state index contributed by atoms with van der Waals surface area (Å²) in [6.45, 7) is 6.65. The van der Waals surface area contributed by atoms with Crippen molar-refractivity contribution in [2.75, 3.05) is 18.6 Å². The van der Waals surface area contributed by atoms with E-state index in [1.165, 1.54) is 17.4 Å². The number of hydrogen-bond donors (Lipinski definition) is 0. The lowest BCUT2D eigenvalue weighted by Gasteiger charge is -2.25. The Morgan fingerprint density at radius 3 is 2.62 bits per heavy atom. The fourth-order valence-corrected chi connectivity index (χ4v) is 3.96. The molecule has 0 aromatic heterocycles. The summed E-state index contributed by atoms with van der Waals surface area (Å²) < 4.78 is 34.5. The van der Waals surface area contributed by atoms with Crippen molar-refractivity contribution >= 4 is 9.84 Å². The SMILES string of the molecule is Cc1ccc2c(c1)-c1ccc(OCCCS(C)(=O)=O)cc1CC(C)(C)O2. The highest BCUT2D eigenvalue weighted by molar-refractivity contribution is 7.90. The second-order valence-corrected chi connectivity index (χ2v) is 9.95. The van der Waals surface area contributed by atoms with Crippen molar-refractivity contribution in [1.29, 1.82) is 0 Å². The molecule has 2 aromatic carbocycles. The van der Waals surface area contributed by atoms with Crippen molar-refractivity contribution < 1.29 is 17.9 Å². The average molecular weight is 375 g/mol. The van der Waals surface area contributed by atoms with Crippen LogP contribution in [0.4, 0.5) is 0 Å². The average Bonchev–Trinajstić information content (AvgIpc) is 2.62. The lowest BCUT2D eigenvalue weighted by atomic mass is 9.92. The van der Waals surface area contributed by atoms with Gasteiger partial charge < -0.3 is 9.47 Å². The van der Waals surface area contributed by atoms with E-state index < -0.39 is 9.84 Å². The molecule has 0 fully saturated rings. The molecule has 3 rings (SSSR count). The third kappa shape index (κ3) is 4.58. The summed E-state index contributed by atoms with van der Waals surface area (Å²) in [5.74, 6) is 1.82. The molecule has 4 nitrogen and oxygen atoms in total. The van der Waals surface area contributed by atoms with Crippen LogP contribution in [0.2, 0.25) is 0 Å². The van der Waals surface area contributed by atoms with E-state index in [1.807, 2.05) is 12.1 Å². The van der Waals surface area contributed by atoms with Crippen LogP contribution >= 0.6 is 0 Å². The van der Waals surface area contributed by atoms with Gasteiger partial charge in [-0.3, -0.25) is 0 Å².